The molecule has 2 aliphatic rings. The van der Waals surface area contributed by atoms with Crippen LogP contribution in [0.4, 0.5) is 5.13 Å². The van der Waals surface area contributed by atoms with Gasteiger partial charge in [-0.05, 0) is 18.3 Å². The number of hydrogen-bond acceptors (Lipinski definition) is 8. The lowest BCUT2D eigenvalue weighted by Gasteiger charge is -2.34. The van der Waals surface area contributed by atoms with E-state index in [1.165, 1.54) is 16.2 Å². The highest BCUT2D eigenvalue weighted by molar-refractivity contribution is 7.13. The lowest BCUT2D eigenvalue weighted by molar-refractivity contribution is -0.144. The molecular formula is C21H29N7O4S. The molecule has 33 heavy (non-hydrogen) atoms. The minimum atomic E-state index is -0.878. The third kappa shape index (κ3) is 5.38. The Bertz CT molecular complexity index is 1010. The Morgan fingerprint density at radius 1 is 1.30 bits per heavy atom. The van der Waals surface area contributed by atoms with E-state index in [0.717, 1.165) is 18.5 Å². The van der Waals surface area contributed by atoms with Crippen LogP contribution in [-0.2, 0) is 14.4 Å². The molecule has 11 nitrogen and oxygen atoms in total. The second-order valence-electron chi connectivity index (χ2n) is 9.67. The number of anilines is 1. The molecule has 3 N–H and O–H groups in total. The zero-order valence-electron chi connectivity index (χ0n) is 18.9. The van der Waals surface area contributed by atoms with Crippen molar-refractivity contribution in [3.8, 4) is 0 Å². The fourth-order valence-electron chi connectivity index (χ4n) is 4.06. The molecule has 2 aromatic heterocycles. The van der Waals surface area contributed by atoms with Gasteiger partial charge < -0.3 is 20.6 Å². The second-order valence-corrected chi connectivity index (χ2v) is 10.6. The summed E-state index contributed by atoms with van der Waals surface area (Å²) in [7, 11) is 0. The molecule has 3 amide bonds. The fraction of sp³-hybridized carbons (Fsp3) is 0.619. The highest BCUT2D eigenvalue weighted by atomic mass is 32.1. The minimum absolute atomic E-state index is 0.0407. The summed E-state index contributed by atoms with van der Waals surface area (Å²) in [5, 5.41) is 26.0. The van der Waals surface area contributed by atoms with Crippen LogP contribution in [0.1, 0.15) is 57.7 Å². The zero-order valence-corrected chi connectivity index (χ0v) is 19.7. The number of nitrogens with zero attached hydrogens (tertiary/aromatic N) is 5. The highest BCUT2D eigenvalue weighted by Gasteiger charge is 2.45. The molecule has 3 atom stereocenters. The molecule has 4 rings (SSSR count). The van der Waals surface area contributed by atoms with Crippen molar-refractivity contribution in [1.82, 2.24) is 30.2 Å². The van der Waals surface area contributed by atoms with Gasteiger partial charge in [-0.2, -0.15) is 0 Å². The van der Waals surface area contributed by atoms with Crippen LogP contribution < -0.4 is 10.6 Å². The molecule has 0 unspecified atom stereocenters. The highest BCUT2D eigenvalue weighted by Crippen LogP contribution is 2.40. The molecule has 0 spiro atoms. The van der Waals surface area contributed by atoms with E-state index in [1.807, 2.05) is 27.0 Å². The van der Waals surface area contributed by atoms with E-state index in [4.69, 9.17) is 0 Å². The van der Waals surface area contributed by atoms with E-state index in [9.17, 15) is 19.5 Å². The van der Waals surface area contributed by atoms with Crippen LogP contribution in [-0.4, -0.2) is 72.9 Å². The average molecular weight is 476 g/mol. The third-order valence-corrected chi connectivity index (χ3v) is 6.50. The van der Waals surface area contributed by atoms with Crippen LogP contribution >= 0.6 is 11.3 Å². The molecule has 1 aliphatic heterocycles. The summed E-state index contributed by atoms with van der Waals surface area (Å²) >= 11 is 1.27. The number of carbonyl (C=O) groups is 3. The molecule has 0 aromatic carbocycles. The first kappa shape index (κ1) is 23.3. The van der Waals surface area contributed by atoms with Gasteiger partial charge >= 0.3 is 0 Å². The van der Waals surface area contributed by atoms with Gasteiger partial charge in [-0.15, -0.1) is 16.4 Å². The molecule has 12 heteroatoms. The van der Waals surface area contributed by atoms with Crippen LogP contribution in [0, 0.1) is 5.41 Å². The van der Waals surface area contributed by atoms with Gasteiger partial charge in [-0.1, -0.05) is 26.0 Å². The zero-order chi connectivity index (χ0) is 23.8. The minimum Gasteiger partial charge on any atom is -0.391 e. The lowest BCUT2D eigenvalue weighted by Crippen LogP contribution is -2.51. The molecule has 1 saturated carbocycles. The summed E-state index contributed by atoms with van der Waals surface area (Å²) in [6.07, 6.45) is 4.81. The number of aliphatic hydroxyl groups is 1. The van der Waals surface area contributed by atoms with E-state index in [2.05, 4.69) is 25.9 Å². The van der Waals surface area contributed by atoms with Crippen molar-refractivity contribution in [3.63, 3.8) is 0 Å². The first-order chi connectivity index (χ1) is 15.6. The van der Waals surface area contributed by atoms with Gasteiger partial charge in [0.2, 0.25) is 17.7 Å². The van der Waals surface area contributed by atoms with Crippen molar-refractivity contribution in [1.29, 1.82) is 0 Å². The normalized spacial score (nSPS) is 21.6. The van der Waals surface area contributed by atoms with Crippen LogP contribution in [0.25, 0.3) is 0 Å². The van der Waals surface area contributed by atoms with E-state index in [-0.39, 0.29) is 25.4 Å². The molecular weight excluding hydrogens is 446 g/mol. The first-order valence-corrected chi connectivity index (χ1v) is 11.9. The predicted octanol–water partition coefficient (Wildman–Crippen LogP) is 0.916. The average Bonchev–Trinajstić information content (AvgIpc) is 3.12. The summed E-state index contributed by atoms with van der Waals surface area (Å²) in [5.41, 5.74) is 0.368. The number of amides is 3. The van der Waals surface area contributed by atoms with Gasteiger partial charge in [0.15, 0.2) is 5.13 Å². The Balaban J connectivity index is 1.45. The van der Waals surface area contributed by atoms with Gasteiger partial charge in [0.05, 0.1) is 18.3 Å². The molecule has 1 saturated heterocycles. The second kappa shape index (κ2) is 9.18. The van der Waals surface area contributed by atoms with Crippen molar-refractivity contribution in [2.24, 2.45) is 5.41 Å². The SMILES string of the molecule is CC(C)(C)[C@@H](C(=O)N1C[C@H](O)C[C@H]1C(=O)NCC(=O)Nc1nccs1)n1cc(C2CC2)nn1. The molecule has 3 heterocycles. The molecule has 0 radical (unpaired) electrons. The van der Waals surface area contributed by atoms with Crippen LogP contribution in [0.5, 0.6) is 0 Å². The maximum absolute atomic E-state index is 13.7. The monoisotopic (exact) mass is 475 g/mol. The molecule has 2 aromatic rings. The van der Waals surface area contributed by atoms with E-state index >= 15 is 0 Å². The van der Waals surface area contributed by atoms with Crippen molar-refractivity contribution < 1.29 is 19.5 Å². The fourth-order valence-corrected chi connectivity index (χ4v) is 4.61. The number of nitrogens with one attached hydrogen (secondary N) is 2. The predicted molar refractivity (Wildman–Crippen MR) is 120 cm³/mol. The number of β-amino-alcohol motifs (C(OH)–C–C–N with tert-alkyl or cyclic N) is 1. The number of aliphatic hydroxyl groups excluding tert-OH is 1. The Morgan fingerprint density at radius 2 is 2.06 bits per heavy atom. The smallest absolute Gasteiger partial charge is 0.248 e. The van der Waals surface area contributed by atoms with Gasteiger partial charge in [-0.3, -0.25) is 14.4 Å². The Labute approximate surface area is 195 Å². The third-order valence-electron chi connectivity index (χ3n) is 5.81. The maximum Gasteiger partial charge on any atom is 0.248 e. The molecule has 0 bridgehead atoms. The van der Waals surface area contributed by atoms with Gasteiger partial charge in [0.1, 0.15) is 12.1 Å². The number of thiazole rings is 1. The summed E-state index contributed by atoms with van der Waals surface area (Å²) in [6.45, 7) is 5.57. The van der Waals surface area contributed by atoms with Crippen molar-refractivity contribution >= 4 is 34.2 Å². The first-order valence-electron chi connectivity index (χ1n) is 11.0. The summed E-state index contributed by atoms with van der Waals surface area (Å²) in [5.74, 6) is -0.813. The van der Waals surface area contributed by atoms with Gasteiger partial charge in [0.25, 0.3) is 0 Å². The maximum atomic E-state index is 13.7. The van der Waals surface area contributed by atoms with Crippen LogP contribution in [0.2, 0.25) is 0 Å². The summed E-state index contributed by atoms with van der Waals surface area (Å²) < 4.78 is 1.58. The summed E-state index contributed by atoms with van der Waals surface area (Å²) in [4.78, 5) is 44.0. The lowest BCUT2D eigenvalue weighted by atomic mass is 9.85. The van der Waals surface area contributed by atoms with Crippen molar-refractivity contribution in [2.45, 2.75) is 64.1 Å². The number of carbonyl (C=O) groups excluding carboxylic acids is 3. The Morgan fingerprint density at radius 3 is 2.70 bits per heavy atom. The molecule has 1 aliphatic carbocycles. The molecule has 2 fully saturated rings. The van der Waals surface area contributed by atoms with Gasteiger partial charge in [-0.25, -0.2) is 9.67 Å². The standard InChI is InChI=1S/C21H29N7O4S/c1-21(2,3)17(28-11-14(25-26-28)12-4-5-12)19(32)27-10-13(29)8-15(27)18(31)23-9-16(30)24-20-22-6-7-33-20/h6-7,11-13,15,17,29H,4-5,8-10H2,1-3H3,(H,23,31)(H,22,24,30)/t13-,15+,17-/m1/s1. The van der Waals surface area contributed by atoms with E-state index < -0.39 is 35.4 Å². The number of aromatic nitrogens is 4. The van der Waals surface area contributed by atoms with E-state index in [1.54, 1.807) is 16.3 Å². The summed E-state index contributed by atoms with van der Waals surface area (Å²) in [6, 6.07) is -1.57. The van der Waals surface area contributed by atoms with Crippen molar-refractivity contribution in [3.05, 3.63) is 23.5 Å². The number of likely N-dealkylation sites (tertiary alicyclic amines) is 1. The van der Waals surface area contributed by atoms with Crippen LogP contribution in [0.15, 0.2) is 17.8 Å². The van der Waals surface area contributed by atoms with E-state index in [0.29, 0.717) is 11.0 Å². The largest absolute Gasteiger partial charge is 0.391 e. The number of hydrogen-bond donors (Lipinski definition) is 3. The Hall–Kier alpha value is -2.86. The van der Waals surface area contributed by atoms with Crippen LogP contribution in [0.3, 0.4) is 0 Å². The van der Waals surface area contributed by atoms with Gasteiger partial charge in [0, 0.05) is 36.7 Å². The molecule has 178 valence electrons. The Kier molecular flexibility index (Phi) is 6.48. The topological polar surface area (TPSA) is 142 Å². The number of rotatable bonds is 7. The van der Waals surface area contributed by atoms with Crippen molar-refractivity contribution in [2.75, 3.05) is 18.4 Å². The quantitative estimate of drug-likeness (QED) is 0.540.